The first-order valence-electron chi connectivity index (χ1n) is 11.3. The van der Waals surface area contributed by atoms with E-state index in [4.69, 9.17) is 11.6 Å². The third-order valence-electron chi connectivity index (χ3n) is 6.12. The van der Waals surface area contributed by atoms with E-state index in [2.05, 4.69) is 9.71 Å². The van der Waals surface area contributed by atoms with E-state index < -0.39 is 25.9 Å². The second-order valence-corrected chi connectivity index (χ2v) is 14.1. The van der Waals surface area contributed by atoms with Crippen molar-refractivity contribution in [2.45, 2.75) is 21.6 Å². The highest BCUT2D eigenvalue weighted by atomic mass is 35.5. The lowest BCUT2D eigenvalue weighted by molar-refractivity contribution is 0.0790. The molecule has 1 aliphatic heterocycles. The Morgan fingerprint density at radius 3 is 2.51 bits per heavy atom. The van der Waals surface area contributed by atoms with Crippen molar-refractivity contribution >= 4 is 58.9 Å². The van der Waals surface area contributed by atoms with Crippen molar-refractivity contribution < 1.29 is 21.6 Å². The number of carbonyl (C=O) groups excluding carboxylic acids is 1. The molecule has 1 N–H and O–H groups in total. The number of amides is 1. The highest BCUT2D eigenvalue weighted by Gasteiger charge is 2.31. The van der Waals surface area contributed by atoms with E-state index in [0.717, 1.165) is 17.6 Å². The predicted octanol–water partition coefficient (Wildman–Crippen LogP) is 4.21. The molecule has 1 amide bonds. The Bertz CT molecular complexity index is 1720. The van der Waals surface area contributed by atoms with Gasteiger partial charge in [-0.2, -0.15) is 0 Å². The van der Waals surface area contributed by atoms with Crippen molar-refractivity contribution in [2.24, 2.45) is 0 Å². The van der Waals surface area contributed by atoms with Crippen LogP contribution in [0.15, 0.2) is 75.8 Å². The molecule has 4 aromatic rings. The third-order valence-corrected chi connectivity index (χ3v) is 10.5. The van der Waals surface area contributed by atoms with Gasteiger partial charge in [0.25, 0.3) is 5.91 Å². The van der Waals surface area contributed by atoms with E-state index in [9.17, 15) is 21.6 Å². The molecule has 0 aliphatic carbocycles. The zero-order valence-electron chi connectivity index (χ0n) is 19.6. The third kappa shape index (κ3) is 5.41. The fraction of sp³-hybridized carbons (Fsp3) is 0.200. The minimum Gasteiger partial charge on any atom is -0.337 e. The molecule has 1 unspecified atom stereocenters. The minimum atomic E-state index is -3.79. The molecular weight excluding hydrogens is 554 g/mol. The van der Waals surface area contributed by atoms with E-state index in [1.807, 2.05) is 0 Å². The Morgan fingerprint density at radius 2 is 1.78 bits per heavy atom. The first-order chi connectivity index (χ1) is 17.5. The number of thiophene rings is 1. The van der Waals surface area contributed by atoms with Crippen molar-refractivity contribution in [2.75, 3.05) is 19.3 Å². The van der Waals surface area contributed by atoms with Crippen LogP contribution in [0, 0.1) is 0 Å². The van der Waals surface area contributed by atoms with Gasteiger partial charge < -0.3 is 4.90 Å². The quantitative estimate of drug-likeness (QED) is 0.345. The van der Waals surface area contributed by atoms with Crippen LogP contribution in [0.5, 0.6) is 0 Å². The molecule has 192 valence electrons. The maximum Gasteiger partial charge on any atom is 0.253 e. The molecule has 8 nitrogen and oxygen atoms in total. The van der Waals surface area contributed by atoms with Crippen molar-refractivity contribution in [3.05, 3.63) is 77.4 Å². The van der Waals surface area contributed by atoms with E-state index in [1.165, 1.54) is 0 Å². The summed E-state index contributed by atoms with van der Waals surface area (Å²) in [6.07, 6.45) is 1.65. The topological polar surface area (TPSA) is 114 Å². The molecular formula is C25H22ClN3O5S3. The number of pyridine rings is 1. The SMILES string of the molecule is CS(=O)(=O)c1ccccc1-c1ccc(C(=O)N2CCC(NS(=O)(=O)c3cc4ccc(Cl)nc4s3)C2)cc1. The van der Waals surface area contributed by atoms with Crippen molar-refractivity contribution in [1.29, 1.82) is 0 Å². The van der Waals surface area contributed by atoms with Crippen LogP contribution in [0.3, 0.4) is 0 Å². The predicted molar refractivity (Wildman–Crippen MR) is 144 cm³/mol. The van der Waals surface area contributed by atoms with Crippen LogP contribution in [0.25, 0.3) is 21.3 Å². The van der Waals surface area contributed by atoms with Gasteiger partial charge in [0, 0.05) is 41.9 Å². The summed E-state index contributed by atoms with van der Waals surface area (Å²) in [7, 11) is -7.20. The molecule has 1 saturated heterocycles. The maximum absolute atomic E-state index is 13.1. The molecule has 5 rings (SSSR count). The normalized spacial score (nSPS) is 16.4. The summed E-state index contributed by atoms with van der Waals surface area (Å²) in [6.45, 7) is 0.653. The fourth-order valence-corrected chi connectivity index (χ4v) is 8.05. The lowest BCUT2D eigenvalue weighted by atomic mass is 10.0. The number of sulfone groups is 1. The summed E-state index contributed by atoms with van der Waals surface area (Å²) in [5, 5.41) is 0.990. The Kier molecular flexibility index (Phi) is 6.84. The van der Waals surface area contributed by atoms with Gasteiger partial charge in [0.2, 0.25) is 10.0 Å². The van der Waals surface area contributed by atoms with Crippen molar-refractivity contribution in [3.63, 3.8) is 0 Å². The van der Waals surface area contributed by atoms with Crippen LogP contribution in [-0.4, -0.2) is 58.0 Å². The number of carbonyl (C=O) groups is 1. The van der Waals surface area contributed by atoms with Crippen molar-refractivity contribution in [3.8, 4) is 11.1 Å². The molecule has 2 aromatic carbocycles. The number of aromatic nitrogens is 1. The summed E-state index contributed by atoms with van der Waals surface area (Å²) in [4.78, 5) is 19.6. The van der Waals surface area contributed by atoms with Crippen LogP contribution >= 0.6 is 22.9 Å². The summed E-state index contributed by atoms with van der Waals surface area (Å²) in [5.74, 6) is -0.217. The highest BCUT2D eigenvalue weighted by molar-refractivity contribution is 7.91. The fourth-order valence-electron chi connectivity index (χ4n) is 4.33. The Hall–Kier alpha value is -2.83. The molecule has 3 heterocycles. The molecule has 1 atom stereocenters. The average Bonchev–Trinajstić information content (AvgIpc) is 3.50. The number of sulfonamides is 1. The van der Waals surface area contributed by atoms with Crippen molar-refractivity contribution in [1.82, 2.24) is 14.6 Å². The van der Waals surface area contributed by atoms with Gasteiger partial charge in [-0.25, -0.2) is 26.5 Å². The van der Waals surface area contributed by atoms with Gasteiger partial charge in [-0.05, 0) is 48.4 Å². The number of hydrogen-bond acceptors (Lipinski definition) is 7. The van der Waals surface area contributed by atoms with E-state index in [-0.39, 0.29) is 21.6 Å². The average molecular weight is 576 g/mol. The number of likely N-dealkylation sites (tertiary alicyclic amines) is 1. The largest absolute Gasteiger partial charge is 0.337 e. The molecule has 0 saturated carbocycles. The standard InChI is InChI=1S/C25H22ClN3O5S3/c1-36(31,32)21-5-3-2-4-20(21)16-6-8-17(9-7-16)25(30)29-13-12-19(15-29)28-37(33,34)23-14-18-10-11-22(26)27-24(18)35-23/h2-11,14,19,28H,12-13,15H2,1H3. The van der Waals surface area contributed by atoms with Crippen LogP contribution in [0.2, 0.25) is 5.15 Å². The molecule has 0 spiro atoms. The summed E-state index contributed by atoms with van der Waals surface area (Å²) in [5.41, 5.74) is 1.69. The minimum absolute atomic E-state index is 0.145. The zero-order chi connectivity index (χ0) is 26.4. The zero-order valence-corrected chi connectivity index (χ0v) is 22.8. The number of benzene rings is 2. The molecule has 1 aliphatic rings. The molecule has 12 heteroatoms. The second kappa shape index (κ2) is 9.80. The number of fused-ring (bicyclic) bond motifs is 1. The lowest BCUT2D eigenvalue weighted by Gasteiger charge is -2.17. The van der Waals surface area contributed by atoms with Gasteiger partial charge in [0.05, 0.1) is 4.90 Å². The number of rotatable bonds is 6. The Labute approximate surface area is 223 Å². The van der Waals surface area contributed by atoms with Gasteiger partial charge in [-0.15, -0.1) is 11.3 Å². The molecule has 37 heavy (non-hydrogen) atoms. The van der Waals surface area contributed by atoms with Crippen LogP contribution in [-0.2, 0) is 19.9 Å². The number of halogens is 1. The summed E-state index contributed by atoms with van der Waals surface area (Å²) >= 11 is 6.95. The highest BCUT2D eigenvalue weighted by Crippen LogP contribution is 2.30. The Balaban J connectivity index is 1.28. The summed E-state index contributed by atoms with van der Waals surface area (Å²) in [6, 6.07) is 17.9. The molecule has 0 bridgehead atoms. The lowest BCUT2D eigenvalue weighted by Crippen LogP contribution is -2.38. The maximum atomic E-state index is 13.1. The number of nitrogens with one attached hydrogen (secondary N) is 1. The molecule has 0 radical (unpaired) electrons. The van der Waals surface area contributed by atoms with Gasteiger partial charge >= 0.3 is 0 Å². The van der Waals surface area contributed by atoms with Crippen LogP contribution < -0.4 is 4.72 Å². The van der Waals surface area contributed by atoms with Gasteiger partial charge in [0.15, 0.2) is 9.84 Å². The number of hydrogen-bond donors (Lipinski definition) is 1. The van der Waals surface area contributed by atoms with Gasteiger partial charge in [-0.1, -0.05) is 41.9 Å². The van der Waals surface area contributed by atoms with E-state index in [0.29, 0.717) is 45.0 Å². The molecule has 1 fully saturated rings. The second-order valence-electron chi connectivity index (χ2n) is 8.80. The molecule has 2 aromatic heterocycles. The first-order valence-corrected chi connectivity index (χ1v) is 15.9. The van der Waals surface area contributed by atoms with Crippen LogP contribution in [0.4, 0.5) is 0 Å². The van der Waals surface area contributed by atoms with Gasteiger partial charge in [-0.3, -0.25) is 4.79 Å². The van der Waals surface area contributed by atoms with E-state index in [1.54, 1.807) is 71.6 Å². The van der Waals surface area contributed by atoms with E-state index >= 15 is 0 Å². The first kappa shape index (κ1) is 25.8. The smallest absolute Gasteiger partial charge is 0.253 e. The Morgan fingerprint density at radius 1 is 1.05 bits per heavy atom. The van der Waals surface area contributed by atoms with Crippen LogP contribution in [0.1, 0.15) is 16.8 Å². The monoisotopic (exact) mass is 575 g/mol. The van der Waals surface area contributed by atoms with Gasteiger partial charge in [0.1, 0.15) is 14.2 Å². The summed E-state index contributed by atoms with van der Waals surface area (Å²) < 4.78 is 53.0. The number of nitrogens with zero attached hydrogens (tertiary/aromatic N) is 2.